The van der Waals surface area contributed by atoms with Crippen molar-refractivity contribution >= 4 is 9.84 Å². The maximum absolute atomic E-state index is 11.7. The van der Waals surface area contributed by atoms with Gasteiger partial charge in [0.15, 0.2) is 9.84 Å². The van der Waals surface area contributed by atoms with Gasteiger partial charge in [0.05, 0.1) is 10.6 Å². The highest BCUT2D eigenvalue weighted by Gasteiger charge is 2.14. The molecule has 0 aromatic heterocycles. The molecule has 1 atom stereocenters. The third-order valence-corrected chi connectivity index (χ3v) is 5.02. The summed E-state index contributed by atoms with van der Waals surface area (Å²) in [6.07, 6.45) is 0.930. The fourth-order valence-electron chi connectivity index (χ4n) is 2.14. The van der Waals surface area contributed by atoms with Crippen LogP contribution < -0.4 is 10.6 Å². The molecule has 0 bridgehead atoms. The minimum atomic E-state index is -3.08. The number of hydrogen-bond donors (Lipinski definition) is 2. The molecule has 1 aliphatic heterocycles. The van der Waals surface area contributed by atoms with Crippen molar-refractivity contribution in [2.45, 2.75) is 24.3 Å². The van der Waals surface area contributed by atoms with E-state index in [-0.39, 0.29) is 5.75 Å². The summed E-state index contributed by atoms with van der Waals surface area (Å²) in [6, 6.07) is 7.69. The molecule has 0 spiro atoms. The fraction of sp³-hybridized carbons (Fsp3) is 0.538. The maximum Gasteiger partial charge on any atom is 0.178 e. The van der Waals surface area contributed by atoms with E-state index in [0.29, 0.717) is 10.9 Å². The van der Waals surface area contributed by atoms with Gasteiger partial charge in [-0.15, -0.1) is 0 Å². The molecule has 1 unspecified atom stereocenters. The molecule has 0 amide bonds. The summed E-state index contributed by atoms with van der Waals surface area (Å²) >= 11 is 0. The van der Waals surface area contributed by atoms with Gasteiger partial charge in [-0.3, -0.25) is 0 Å². The van der Waals surface area contributed by atoms with Crippen LogP contribution in [0, 0.1) is 0 Å². The summed E-state index contributed by atoms with van der Waals surface area (Å²) in [4.78, 5) is 0.420. The zero-order chi connectivity index (χ0) is 13.0. The summed E-state index contributed by atoms with van der Waals surface area (Å²) in [5.41, 5.74) is 1.17. The molecule has 100 valence electrons. The Labute approximate surface area is 109 Å². The van der Waals surface area contributed by atoms with Crippen LogP contribution >= 0.6 is 0 Å². The minimum Gasteiger partial charge on any atom is -0.314 e. The van der Waals surface area contributed by atoms with Crippen LogP contribution in [0.25, 0.3) is 0 Å². The maximum atomic E-state index is 11.7. The van der Waals surface area contributed by atoms with Crippen LogP contribution in [0.2, 0.25) is 0 Å². The standard InChI is InChI=1S/C13H20N2O2S/c1-2-18(16,17)13-5-3-11(4-6-13)9-12-10-14-7-8-15-12/h3-6,12,14-15H,2,7-10H2,1H3. The van der Waals surface area contributed by atoms with Gasteiger partial charge in [0.1, 0.15) is 0 Å². The number of benzene rings is 1. The van der Waals surface area contributed by atoms with E-state index in [1.807, 2.05) is 12.1 Å². The van der Waals surface area contributed by atoms with Gasteiger partial charge in [-0.1, -0.05) is 19.1 Å². The third-order valence-electron chi connectivity index (χ3n) is 3.27. The van der Waals surface area contributed by atoms with Crippen molar-refractivity contribution in [3.05, 3.63) is 29.8 Å². The highest BCUT2D eigenvalue weighted by atomic mass is 32.2. The zero-order valence-corrected chi connectivity index (χ0v) is 11.5. The average Bonchev–Trinajstić information content (AvgIpc) is 2.40. The second kappa shape index (κ2) is 5.82. The van der Waals surface area contributed by atoms with Crippen molar-refractivity contribution in [3.63, 3.8) is 0 Å². The van der Waals surface area contributed by atoms with Gasteiger partial charge < -0.3 is 10.6 Å². The molecular weight excluding hydrogens is 248 g/mol. The second-order valence-electron chi connectivity index (χ2n) is 4.61. The van der Waals surface area contributed by atoms with Gasteiger partial charge in [0.25, 0.3) is 0 Å². The van der Waals surface area contributed by atoms with Crippen LogP contribution in [0.15, 0.2) is 29.2 Å². The third kappa shape index (κ3) is 3.31. The lowest BCUT2D eigenvalue weighted by atomic mass is 10.1. The van der Waals surface area contributed by atoms with Crippen LogP contribution in [0.1, 0.15) is 12.5 Å². The van der Waals surface area contributed by atoms with Gasteiger partial charge in [-0.25, -0.2) is 8.42 Å². The highest BCUT2D eigenvalue weighted by molar-refractivity contribution is 7.91. The van der Waals surface area contributed by atoms with E-state index >= 15 is 0 Å². The molecule has 0 aliphatic carbocycles. The number of piperazine rings is 1. The first-order valence-electron chi connectivity index (χ1n) is 6.37. The van der Waals surface area contributed by atoms with E-state index in [1.54, 1.807) is 19.1 Å². The SMILES string of the molecule is CCS(=O)(=O)c1ccc(CC2CNCCN2)cc1. The van der Waals surface area contributed by atoms with Crippen LogP contribution in [0.3, 0.4) is 0 Å². The molecule has 1 aromatic carbocycles. The molecule has 1 aromatic rings. The molecule has 0 radical (unpaired) electrons. The molecule has 5 heteroatoms. The van der Waals surface area contributed by atoms with Crippen LogP contribution in [-0.2, 0) is 16.3 Å². The highest BCUT2D eigenvalue weighted by Crippen LogP contribution is 2.13. The first-order valence-corrected chi connectivity index (χ1v) is 8.03. The van der Waals surface area contributed by atoms with Gasteiger partial charge in [0.2, 0.25) is 0 Å². The molecule has 4 nitrogen and oxygen atoms in total. The van der Waals surface area contributed by atoms with Crippen LogP contribution in [-0.4, -0.2) is 39.8 Å². The van der Waals surface area contributed by atoms with Crippen molar-refractivity contribution in [3.8, 4) is 0 Å². The molecule has 1 heterocycles. The Morgan fingerprint density at radius 3 is 2.50 bits per heavy atom. The fourth-order valence-corrected chi connectivity index (χ4v) is 3.03. The van der Waals surface area contributed by atoms with Crippen molar-refractivity contribution < 1.29 is 8.42 Å². The van der Waals surface area contributed by atoms with Crippen LogP contribution in [0.4, 0.5) is 0 Å². The zero-order valence-electron chi connectivity index (χ0n) is 10.6. The quantitative estimate of drug-likeness (QED) is 0.839. The Morgan fingerprint density at radius 2 is 1.94 bits per heavy atom. The van der Waals surface area contributed by atoms with Crippen molar-refractivity contribution in [2.24, 2.45) is 0 Å². The largest absolute Gasteiger partial charge is 0.314 e. The summed E-state index contributed by atoms with van der Waals surface area (Å²) in [5, 5.41) is 6.78. The monoisotopic (exact) mass is 268 g/mol. The van der Waals surface area contributed by atoms with Gasteiger partial charge in [0, 0.05) is 25.7 Å². The van der Waals surface area contributed by atoms with Gasteiger partial charge in [-0.2, -0.15) is 0 Å². The molecule has 2 N–H and O–H groups in total. The smallest absolute Gasteiger partial charge is 0.178 e. The lowest BCUT2D eigenvalue weighted by molar-refractivity contribution is 0.416. The van der Waals surface area contributed by atoms with E-state index in [9.17, 15) is 8.42 Å². The lowest BCUT2D eigenvalue weighted by Crippen LogP contribution is -2.49. The number of nitrogens with one attached hydrogen (secondary N) is 2. The predicted molar refractivity (Wildman–Crippen MR) is 72.5 cm³/mol. The van der Waals surface area contributed by atoms with Gasteiger partial charge in [-0.05, 0) is 24.1 Å². The second-order valence-corrected chi connectivity index (χ2v) is 6.88. The molecule has 1 fully saturated rings. The molecule has 1 saturated heterocycles. The van der Waals surface area contributed by atoms with E-state index in [4.69, 9.17) is 0 Å². The Balaban J connectivity index is 2.03. The Kier molecular flexibility index (Phi) is 4.37. The summed E-state index contributed by atoms with van der Waals surface area (Å²) in [6.45, 7) is 4.65. The van der Waals surface area contributed by atoms with E-state index in [2.05, 4.69) is 10.6 Å². The molecule has 2 rings (SSSR count). The summed E-state index contributed by atoms with van der Waals surface area (Å²) < 4.78 is 23.4. The Bertz CT molecular complexity index is 476. The Hall–Kier alpha value is -0.910. The lowest BCUT2D eigenvalue weighted by Gasteiger charge is -2.24. The van der Waals surface area contributed by atoms with Crippen molar-refractivity contribution in [2.75, 3.05) is 25.4 Å². The Morgan fingerprint density at radius 1 is 1.22 bits per heavy atom. The number of hydrogen-bond acceptors (Lipinski definition) is 4. The average molecular weight is 268 g/mol. The summed E-state index contributed by atoms with van der Waals surface area (Å²) in [5.74, 6) is 0.153. The first-order chi connectivity index (χ1) is 8.62. The van der Waals surface area contributed by atoms with Crippen LogP contribution in [0.5, 0.6) is 0 Å². The normalized spacial score (nSPS) is 20.8. The van der Waals surface area contributed by atoms with E-state index in [0.717, 1.165) is 26.1 Å². The van der Waals surface area contributed by atoms with E-state index < -0.39 is 9.84 Å². The molecule has 1 aliphatic rings. The molecular formula is C13H20N2O2S. The number of sulfone groups is 1. The van der Waals surface area contributed by atoms with Crippen molar-refractivity contribution in [1.82, 2.24) is 10.6 Å². The van der Waals surface area contributed by atoms with Gasteiger partial charge >= 0.3 is 0 Å². The first kappa shape index (κ1) is 13.5. The summed E-state index contributed by atoms with van der Waals surface area (Å²) in [7, 11) is -3.08. The van der Waals surface area contributed by atoms with Crippen molar-refractivity contribution in [1.29, 1.82) is 0 Å². The predicted octanol–water partition coefficient (Wildman–Crippen LogP) is 0.584. The number of rotatable bonds is 4. The van der Waals surface area contributed by atoms with E-state index in [1.165, 1.54) is 5.56 Å². The molecule has 0 saturated carbocycles. The molecule has 18 heavy (non-hydrogen) atoms. The minimum absolute atomic E-state index is 0.153. The topological polar surface area (TPSA) is 58.2 Å².